The van der Waals surface area contributed by atoms with Crippen LogP contribution in [-0.4, -0.2) is 26.7 Å². The Morgan fingerprint density at radius 3 is 2.26 bits per heavy atom. The number of hydrogen-bond donors (Lipinski definition) is 1. The molecule has 0 spiro atoms. The molecule has 5 nitrogen and oxygen atoms in total. The van der Waals surface area contributed by atoms with Crippen molar-refractivity contribution >= 4 is 15.7 Å². The highest BCUT2D eigenvalue weighted by Crippen LogP contribution is 2.22. The van der Waals surface area contributed by atoms with Crippen LogP contribution in [0.3, 0.4) is 0 Å². The molecule has 2 aromatic rings. The first kappa shape index (κ1) is 21.0. The van der Waals surface area contributed by atoms with E-state index in [1.165, 1.54) is 6.26 Å². The predicted octanol–water partition coefficient (Wildman–Crippen LogP) is 3.74. The quantitative estimate of drug-likeness (QED) is 0.783. The molecule has 0 radical (unpaired) electrons. The summed E-state index contributed by atoms with van der Waals surface area (Å²) in [5.41, 5.74) is 2.98. The highest BCUT2D eigenvalue weighted by molar-refractivity contribution is 7.90. The van der Waals surface area contributed by atoms with Crippen LogP contribution in [0.1, 0.15) is 43.0 Å². The zero-order valence-electron chi connectivity index (χ0n) is 16.4. The highest BCUT2D eigenvalue weighted by Gasteiger charge is 2.20. The van der Waals surface area contributed by atoms with Gasteiger partial charge in [-0.1, -0.05) is 36.8 Å². The Kier molecular flexibility index (Phi) is 6.65. The molecule has 0 fully saturated rings. The van der Waals surface area contributed by atoms with Crippen molar-refractivity contribution in [3.8, 4) is 5.75 Å². The monoisotopic (exact) mass is 389 g/mol. The number of nitrogens with one attached hydrogen (secondary N) is 1. The molecular weight excluding hydrogens is 362 g/mol. The minimum Gasteiger partial charge on any atom is -0.481 e. The number of hydrogen-bond acceptors (Lipinski definition) is 4. The zero-order chi connectivity index (χ0) is 20.2. The number of aryl methyl sites for hydroxylation is 2. The van der Waals surface area contributed by atoms with E-state index in [9.17, 15) is 13.2 Å². The Morgan fingerprint density at radius 1 is 1.11 bits per heavy atom. The Labute approximate surface area is 161 Å². The molecular formula is C21H27NO4S. The van der Waals surface area contributed by atoms with E-state index in [1.807, 2.05) is 39.0 Å². The van der Waals surface area contributed by atoms with Crippen molar-refractivity contribution < 1.29 is 17.9 Å². The SMILES string of the molecule is CC[C@H](NC(=O)[C@@H](C)Oc1ccc(C)cc1C)c1ccc(S(C)(=O)=O)cc1. The molecule has 1 amide bonds. The van der Waals surface area contributed by atoms with Gasteiger partial charge in [-0.05, 0) is 56.5 Å². The summed E-state index contributed by atoms with van der Waals surface area (Å²) in [6.45, 7) is 7.64. The molecule has 0 saturated carbocycles. The molecule has 0 aliphatic rings. The van der Waals surface area contributed by atoms with Gasteiger partial charge in [0.1, 0.15) is 5.75 Å². The second kappa shape index (κ2) is 8.57. The molecule has 0 aliphatic heterocycles. The van der Waals surface area contributed by atoms with Gasteiger partial charge < -0.3 is 10.1 Å². The smallest absolute Gasteiger partial charge is 0.261 e. The second-order valence-electron chi connectivity index (χ2n) is 6.84. The molecule has 2 aromatic carbocycles. The zero-order valence-corrected chi connectivity index (χ0v) is 17.3. The van der Waals surface area contributed by atoms with Crippen molar-refractivity contribution in [3.05, 3.63) is 59.2 Å². The molecule has 0 aromatic heterocycles. The first-order valence-electron chi connectivity index (χ1n) is 8.96. The molecule has 0 bridgehead atoms. The number of carbonyl (C=O) groups excluding carboxylic acids is 1. The third-order valence-corrected chi connectivity index (χ3v) is 5.57. The Bertz CT molecular complexity index is 904. The van der Waals surface area contributed by atoms with E-state index in [4.69, 9.17) is 4.74 Å². The Balaban J connectivity index is 2.07. The molecule has 0 heterocycles. The fourth-order valence-corrected chi connectivity index (χ4v) is 3.46. The van der Waals surface area contributed by atoms with Crippen LogP contribution in [0.4, 0.5) is 0 Å². The number of amides is 1. The second-order valence-corrected chi connectivity index (χ2v) is 8.86. The largest absolute Gasteiger partial charge is 0.481 e. The average Bonchev–Trinajstić information content (AvgIpc) is 2.61. The van der Waals surface area contributed by atoms with Crippen LogP contribution in [0.25, 0.3) is 0 Å². The van der Waals surface area contributed by atoms with Crippen LogP contribution in [0, 0.1) is 13.8 Å². The van der Waals surface area contributed by atoms with E-state index in [1.54, 1.807) is 31.2 Å². The number of ether oxygens (including phenoxy) is 1. The lowest BCUT2D eigenvalue weighted by molar-refractivity contribution is -0.128. The van der Waals surface area contributed by atoms with Gasteiger partial charge in [0.15, 0.2) is 15.9 Å². The van der Waals surface area contributed by atoms with Crippen LogP contribution in [0.15, 0.2) is 47.4 Å². The minimum absolute atomic E-state index is 0.212. The Hall–Kier alpha value is -2.34. The number of benzene rings is 2. The van der Waals surface area contributed by atoms with Crippen LogP contribution in [0.2, 0.25) is 0 Å². The summed E-state index contributed by atoms with van der Waals surface area (Å²) >= 11 is 0. The van der Waals surface area contributed by atoms with Crippen molar-refractivity contribution in [3.63, 3.8) is 0 Å². The van der Waals surface area contributed by atoms with Gasteiger partial charge >= 0.3 is 0 Å². The van der Waals surface area contributed by atoms with E-state index in [0.717, 1.165) is 16.7 Å². The number of rotatable bonds is 7. The van der Waals surface area contributed by atoms with Gasteiger partial charge in [-0.3, -0.25) is 4.79 Å². The molecule has 27 heavy (non-hydrogen) atoms. The summed E-state index contributed by atoms with van der Waals surface area (Å²) < 4.78 is 29.0. The summed E-state index contributed by atoms with van der Waals surface area (Å²) in [7, 11) is -3.24. The summed E-state index contributed by atoms with van der Waals surface area (Å²) in [4.78, 5) is 12.8. The van der Waals surface area contributed by atoms with Gasteiger partial charge in [0.2, 0.25) is 0 Å². The number of carbonyl (C=O) groups is 1. The van der Waals surface area contributed by atoms with Crippen molar-refractivity contribution in [2.24, 2.45) is 0 Å². The lowest BCUT2D eigenvalue weighted by Crippen LogP contribution is -2.38. The third kappa shape index (κ3) is 5.57. The van der Waals surface area contributed by atoms with Crippen LogP contribution < -0.4 is 10.1 Å². The maximum Gasteiger partial charge on any atom is 0.261 e. The fourth-order valence-electron chi connectivity index (χ4n) is 2.83. The standard InChI is InChI=1S/C21H27NO4S/c1-6-19(17-8-10-18(11-9-17)27(5,24)25)22-21(23)16(4)26-20-12-7-14(2)13-15(20)3/h7-13,16,19H,6H2,1-5H3,(H,22,23)/t16-,19+/m1/s1. The lowest BCUT2D eigenvalue weighted by Gasteiger charge is -2.22. The maximum atomic E-state index is 12.6. The van der Waals surface area contributed by atoms with Gasteiger partial charge in [-0.15, -0.1) is 0 Å². The van der Waals surface area contributed by atoms with Gasteiger partial charge in [0, 0.05) is 6.26 Å². The maximum absolute atomic E-state index is 12.6. The first-order chi connectivity index (χ1) is 12.6. The molecule has 0 aliphatic carbocycles. The minimum atomic E-state index is -3.24. The van der Waals surface area contributed by atoms with E-state index >= 15 is 0 Å². The van der Waals surface area contributed by atoms with E-state index < -0.39 is 15.9 Å². The van der Waals surface area contributed by atoms with Gasteiger partial charge in [0.25, 0.3) is 5.91 Å². The summed E-state index contributed by atoms with van der Waals surface area (Å²) in [6, 6.07) is 12.2. The third-order valence-electron chi connectivity index (χ3n) is 4.44. The van der Waals surface area contributed by atoms with E-state index in [2.05, 4.69) is 5.32 Å². The van der Waals surface area contributed by atoms with Crippen molar-refractivity contribution in [2.45, 2.75) is 51.2 Å². The molecule has 146 valence electrons. The topological polar surface area (TPSA) is 72.5 Å². The van der Waals surface area contributed by atoms with E-state index in [-0.39, 0.29) is 16.8 Å². The van der Waals surface area contributed by atoms with Crippen molar-refractivity contribution in [2.75, 3.05) is 6.26 Å². The van der Waals surface area contributed by atoms with Crippen molar-refractivity contribution in [1.82, 2.24) is 5.32 Å². The van der Waals surface area contributed by atoms with Gasteiger partial charge in [-0.25, -0.2) is 8.42 Å². The molecule has 2 atom stereocenters. The normalized spacial score (nSPS) is 13.7. The van der Waals surface area contributed by atoms with Crippen LogP contribution in [-0.2, 0) is 14.6 Å². The highest BCUT2D eigenvalue weighted by atomic mass is 32.2. The average molecular weight is 390 g/mol. The molecule has 2 rings (SSSR count). The van der Waals surface area contributed by atoms with Gasteiger partial charge in [-0.2, -0.15) is 0 Å². The molecule has 1 N–H and O–H groups in total. The van der Waals surface area contributed by atoms with E-state index in [0.29, 0.717) is 12.2 Å². The molecule has 0 unspecified atom stereocenters. The van der Waals surface area contributed by atoms with Crippen LogP contribution in [0.5, 0.6) is 5.75 Å². The van der Waals surface area contributed by atoms with Crippen LogP contribution >= 0.6 is 0 Å². The molecule has 0 saturated heterocycles. The lowest BCUT2D eigenvalue weighted by atomic mass is 10.0. The summed E-state index contributed by atoms with van der Waals surface area (Å²) in [5, 5.41) is 2.98. The molecule has 6 heteroatoms. The fraction of sp³-hybridized carbons (Fsp3) is 0.381. The summed E-state index contributed by atoms with van der Waals surface area (Å²) in [5.74, 6) is 0.475. The van der Waals surface area contributed by atoms with Gasteiger partial charge in [0.05, 0.1) is 10.9 Å². The Morgan fingerprint density at radius 2 is 1.74 bits per heavy atom. The summed E-state index contributed by atoms with van der Waals surface area (Å²) in [6.07, 6.45) is 1.21. The predicted molar refractivity (Wildman–Crippen MR) is 107 cm³/mol. The number of sulfone groups is 1. The van der Waals surface area contributed by atoms with Crippen molar-refractivity contribution in [1.29, 1.82) is 0 Å². The first-order valence-corrected chi connectivity index (χ1v) is 10.8.